The van der Waals surface area contributed by atoms with E-state index in [9.17, 15) is 27.6 Å². The Morgan fingerprint density at radius 3 is 2.44 bits per heavy atom. The maximum atomic E-state index is 14.8. The highest BCUT2D eigenvalue weighted by Gasteiger charge is 2.61. The number of ether oxygens (including phenoxy) is 3. The first-order valence-corrected chi connectivity index (χ1v) is 20.9. The van der Waals surface area contributed by atoms with Crippen LogP contribution in [0.5, 0.6) is 11.6 Å². The van der Waals surface area contributed by atoms with Gasteiger partial charge < -0.3 is 19.1 Å². The van der Waals surface area contributed by atoms with Crippen molar-refractivity contribution in [2.75, 3.05) is 13.7 Å². The Bertz CT molecular complexity index is 1900. The van der Waals surface area contributed by atoms with Crippen LogP contribution in [0.25, 0.3) is 10.8 Å². The summed E-state index contributed by atoms with van der Waals surface area (Å²) in [7, 11) is -2.32. The number of carbonyl (C=O) groups excluding carboxylic acids is 4. The second-order valence-corrected chi connectivity index (χ2v) is 19.0. The highest BCUT2D eigenvalue weighted by Crippen LogP contribution is 2.57. The third kappa shape index (κ3) is 8.61. The first kappa shape index (κ1) is 39.7. The number of sulfonamides is 1. The molecule has 1 N–H and O–H groups in total. The van der Waals surface area contributed by atoms with Gasteiger partial charge in [0.1, 0.15) is 17.5 Å². The number of hydrogen-bond donors (Lipinski definition) is 1. The average Bonchev–Trinajstić information content (AvgIpc) is 3.60. The van der Waals surface area contributed by atoms with Crippen molar-refractivity contribution in [2.24, 2.45) is 29.1 Å². The van der Waals surface area contributed by atoms with Gasteiger partial charge in [-0.1, -0.05) is 50.6 Å². The van der Waals surface area contributed by atoms with Crippen LogP contribution in [0.4, 0.5) is 0 Å². The van der Waals surface area contributed by atoms with Crippen molar-refractivity contribution in [1.82, 2.24) is 14.6 Å². The molecule has 2 aliphatic carbocycles. The van der Waals surface area contributed by atoms with Gasteiger partial charge >= 0.3 is 5.97 Å². The fourth-order valence-corrected chi connectivity index (χ4v) is 9.99. The summed E-state index contributed by atoms with van der Waals surface area (Å²) in [6, 6.07) is 6.54. The molecule has 1 aromatic carbocycles. The predicted octanol–water partition coefficient (Wildman–Crippen LogP) is 5.92. The van der Waals surface area contributed by atoms with Gasteiger partial charge in [-0.15, -0.1) is 0 Å². The summed E-state index contributed by atoms with van der Waals surface area (Å²) < 4.78 is 46.3. The lowest BCUT2D eigenvalue weighted by molar-refractivity contribution is -0.160. The minimum absolute atomic E-state index is 0.0585. The van der Waals surface area contributed by atoms with E-state index in [-0.39, 0.29) is 55.3 Å². The molecule has 1 saturated heterocycles. The summed E-state index contributed by atoms with van der Waals surface area (Å²) in [5.41, 5.74) is -2.00. The van der Waals surface area contributed by atoms with Crippen LogP contribution in [-0.2, 0) is 33.9 Å². The zero-order valence-electron chi connectivity index (χ0n) is 32.3. The molecular weight excluding hydrogens is 711 g/mol. The topological polar surface area (TPSA) is 158 Å². The Hall–Kier alpha value is -4.00. The van der Waals surface area contributed by atoms with Crippen molar-refractivity contribution in [1.29, 1.82) is 0 Å². The van der Waals surface area contributed by atoms with Gasteiger partial charge in [0.05, 0.1) is 48.9 Å². The van der Waals surface area contributed by atoms with Crippen molar-refractivity contribution in [3.63, 3.8) is 0 Å². The number of aromatic nitrogens is 1. The number of ketones is 1. The number of nitrogens with one attached hydrogen (secondary N) is 1. The van der Waals surface area contributed by atoms with Crippen LogP contribution in [0.1, 0.15) is 98.8 Å². The fourth-order valence-electron chi connectivity index (χ4n) is 8.41. The van der Waals surface area contributed by atoms with Crippen LogP contribution in [0, 0.1) is 29.1 Å². The van der Waals surface area contributed by atoms with Crippen molar-refractivity contribution in [2.45, 2.75) is 122 Å². The van der Waals surface area contributed by atoms with Gasteiger partial charge in [0.2, 0.25) is 27.7 Å². The zero-order valence-corrected chi connectivity index (χ0v) is 33.2. The van der Waals surface area contributed by atoms with Gasteiger partial charge in [0, 0.05) is 23.6 Å². The Morgan fingerprint density at radius 1 is 1.06 bits per heavy atom. The number of allylic oxidation sites excluding steroid dienone is 2. The molecule has 3 heterocycles. The Kier molecular flexibility index (Phi) is 11.5. The number of carbonyl (C=O) groups is 4. The van der Waals surface area contributed by atoms with Crippen molar-refractivity contribution < 1.29 is 41.8 Å². The van der Waals surface area contributed by atoms with E-state index in [1.165, 1.54) is 4.90 Å². The number of hydrogen-bond acceptors (Lipinski definition) is 10. The predicted molar refractivity (Wildman–Crippen MR) is 203 cm³/mol. The summed E-state index contributed by atoms with van der Waals surface area (Å²) in [4.78, 5) is 62.7. The molecule has 0 bridgehead atoms. The molecule has 2 aliphatic heterocycles. The Labute approximate surface area is 318 Å². The molecule has 2 aromatic rings. The lowest BCUT2D eigenvalue weighted by atomic mass is 9.82. The lowest BCUT2D eigenvalue weighted by Crippen LogP contribution is -2.48. The average molecular weight is 766 g/mol. The van der Waals surface area contributed by atoms with E-state index in [1.54, 1.807) is 34.1 Å². The highest BCUT2D eigenvalue weighted by atomic mass is 32.2. The van der Waals surface area contributed by atoms with Crippen molar-refractivity contribution in [3.8, 4) is 11.6 Å². The summed E-state index contributed by atoms with van der Waals surface area (Å²) >= 11 is 0. The van der Waals surface area contributed by atoms with Crippen LogP contribution in [0.15, 0.2) is 42.6 Å². The second kappa shape index (κ2) is 15.6. The molecule has 54 heavy (non-hydrogen) atoms. The second-order valence-electron chi connectivity index (χ2n) is 17.0. The third-order valence-electron chi connectivity index (χ3n) is 11.7. The molecule has 13 heteroatoms. The smallest absolute Gasteiger partial charge is 0.307 e. The van der Waals surface area contributed by atoms with E-state index in [0.29, 0.717) is 42.7 Å². The molecule has 4 aliphatic rings. The van der Waals surface area contributed by atoms with E-state index in [1.807, 2.05) is 43.3 Å². The normalized spacial score (nSPS) is 30.2. The molecule has 2 saturated carbocycles. The van der Waals surface area contributed by atoms with Gasteiger partial charge in [0.25, 0.3) is 0 Å². The van der Waals surface area contributed by atoms with Crippen molar-refractivity contribution >= 4 is 44.4 Å². The summed E-state index contributed by atoms with van der Waals surface area (Å²) in [6.45, 7) is 9.50. The number of methoxy groups -OCH3 is 1. The molecular formula is C41H55N3O9S. The molecule has 2 amide bonds. The lowest BCUT2D eigenvalue weighted by Gasteiger charge is -2.32. The van der Waals surface area contributed by atoms with Gasteiger partial charge in [-0.2, -0.15) is 0 Å². The van der Waals surface area contributed by atoms with E-state index in [4.69, 9.17) is 14.2 Å². The van der Waals surface area contributed by atoms with Crippen LogP contribution >= 0.6 is 0 Å². The van der Waals surface area contributed by atoms with E-state index < -0.39 is 56.2 Å². The number of esters is 1. The Balaban J connectivity index is 1.35. The molecule has 1 aromatic heterocycles. The monoisotopic (exact) mass is 765 g/mol. The highest BCUT2D eigenvalue weighted by molar-refractivity contribution is 7.90. The minimum Gasteiger partial charge on any atom is -0.494 e. The molecule has 7 atom stereocenters. The summed E-state index contributed by atoms with van der Waals surface area (Å²) in [5.74, 6) is -2.02. The quantitative estimate of drug-likeness (QED) is 0.253. The summed E-state index contributed by atoms with van der Waals surface area (Å²) in [6.07, 6.45) is 9.00. The van der Waals surface area contributed by atoms with Crippen LogP contribution in [0.3, 0.4) is 0 Å². The molecule has 0 spiro atoms. The first-order chi connectivity index (χ1) is 25.5. The molecule has 12 nitrogen and oxygen atoms in total. The van der Waals surface area contributed by atoms with Gasteiger partial charge in [-0.25, -0.2) is 13.4 Å². The first-order valence-electron chi connectivity index (χ1n) is 19.4. The number of benzene rings is 1. The fraction of sp³-hybridized carbons (Fsp3) is 0.634. The van der Waals surface area contributed by atoms with E-state index >= 15 is 0 Å². The van der Waals surface area contributed by atoms with Gasteiger partial charge in [-0.05, 0) is 83.1 Å². The maximum Gasteiger partial charge on any atom is 0.307 e. The molecule has 294 valence electrons. The van der Waals surface area contributed by atoms with Gasteiger partial charge in [-0.3, -0.25) is 23.9 Å². The standard InChI is InChI=1S/C41H55N3O9S/c1-25-12-7-8-13-27-21-41(27,39(48)43-54(49,50)29-14-11-15-29)22-34(45)33-19-28(52-37-31-17-10-9-16-30(31)35(51-6)23-42-37)24-44(33)38(47)32(26(2)18-25)20-36(46)53-40(3,4)5/h8-10,13,16-17,23,25-29,32-33H,7,11-12,14-15,18-22,24H2,1-6H3,(H,43,48)/b13-8-/t25-,26-,27-,28-,32+,33+,41-/m1/s1. The number of rotatable bonds is 8. The number of Topliss-reactive ketones (excluding diaryl/α,β-unsaturated/α-hetero) is 1. The molecule has 6 rings (SSSR count). The SMILES string of the molecule is COc1cnc(O[C@@H]2C[C@H]3C(=O)C[C@]4(C(=O)NS(=O)(=O)C5CCC5)C[C@H]4/C=C\CC[C@@H](C)C[C@@H](C)[C@H](CC(=O)OC(C)(C)C)C(=O)N3C2)c2ccccc12. The minimum atomic E-state index is -3.88. The largest absolute Gasteiger partial charge is 0.494 e. The Morgan fingerprint density at radius 2 is 1.78 bits per heavy atom. The number of nitrogens with zero attached hydrogens (tertiary/aromatic N) is 2. The maximum absolute atomic E-state index is 14.8. The van der Waals surface area contributed by atoms with E-state index in [0.717, 1.165) is 24.6 Å². The molecule has 3 fully saturated rings. The summed E-state index contributed by atoms with van der Waals surface area (Å²) in [5, 5.41) is 0.890. The number of amides is 2. The van der Waals surface area contributed by atoms with Gasteiger partial charge in [0.15, 0.2) is 5.78 Å². The van der Waals surface area contributed by atoms with E-state index in [2.05, 4.69) is 16.6 Å². The zero-order chi connectivity index (χ0) is 39.0. The third-order valence-corrected chi connectivity index (χ3v) is 13.5. The van der Waals surface area contributed by atoms with Crippen LogP contribution in [-0.4, -0.2) is 78.5 Å². The molecule has 0 unspecified atom stereocenters. The van der Waals surface area contributed by atoms with Crippen molar-refractivity contribution in [3.05, 3.63) is 42.6 Å². The van der Waals surface area contributed by atoms with Crippen LogP contribution < -0.4 is 14.2 Å². The number of fused-ring (bicyclic) bond motifs is 3. The number of pyridine rings is 1. The van der Waals surface area contributed by atoms with Crippen LogP contribution in [0.2, 0.25) is 0 Å². The molecule has 0 radical (unpaired) electrons.